The molecule has 2 aromatic carbocycles. The molecule has 1 fully saturated rings. The molecule has 2 heterocycles. The molecule has 1 unspecified atom stereocenters. The number of likely N-dealkylation sites (tertiary alicyclic amines) is 1. The van der Waals surface area contributed by atoms with Crippen molar-refractivity contribution in [3.8, 4) is 11.1 Å². The van der Waals surface area contributed by atoms with Crippen LogP contribution in [0, 0.1) is 0 Å². The lowest BCUT2D eigenvalue weighted by molar-refractivity contribution is 0.0272. The fraction of sp³-hybridized carbons (Fsp3) is 0.367. The molecular formula is C30H32N2O6S. The molecule has 0 saturated carbocycles. The van der Waals surface area contributed by atoms with Gasteiger partial charge in [0, 0.05) is 23.9 Å². The monoisotopic (exact) mass is 548 g/mol. The van der Waals surface area contributed by atoms with E-state index in [9.17, 15) is 19.5 Å². The van der Waals surface area contributed by atoms with Gasteiger partial charge in [0.2, 0.25) is 0 Å². The number of fused-ring (bicyclic) bond motifs is 3. The summed E-state index contributed by atoms with van der Waals surface area (Å²) < 4.78 is 11.5. The number of nitrogens with zero attached hydrogens (tertiary/aromatic N) is 2. The number of hydrogen-bond donors (Lipinski definition) is 1. The van der Waals surface area contributed by atoms with Gasteiger partial charge in [0.25, 0.3) is 0 Å². The molecule has 1 N–H and O–H groups in total. The molecule has 3 aromatic rings. The van der Waals surface area contributed by atoms with E-state index in [1.165, 1.54) is 0 Å². The number of rotatable bonds is 6. The van der Waals surface area contributed by atoms with Crippen LogP contribution in [0.1, 0.15) is 58.8 Å². The van der Waals surface area contributed by atoms with Crippen LogP contribution < -0.4 is 0 Å². The minimum Gasteiger partial charge on any atom is -0.477 e. The van der Waals surface area contributed by atoms with Crippen LogP contribution in [0.3, 0.4) is 0 Å². The van der Waals surface area contributed by atoms with Crippen molar-refractivity contribution in [2.75, 3.05) is 19.7 Å². The molecule has 204 valence electrons. The van der Waals surface area contributed by atoms with Gasteiger partial charge in [0.05, 0.1) is 12.6 Å². The van der Waals surface area contributed by atoms with Crippen LogP contribution in [0.2, 0.25) is 0 Å². The lowest BCUT2D eigenvalue weighted by atomic mass is 9.98. The topological polar surface area (TPSA) is 96.4 Å². The summed E-state index contributed by atoms with van der Waals surface area (Å²) in [5.41, 5.74) is 3.93. The van der Waals surface area contributed by atoms with Crippen LogP contribution >= 0.6 is 11.3 Å². The van der Waals surface area contributed by atoms with E-state index in [2.05, 4.69) is 24.3 Å². The fourth-order valence-corrected chi connectivity index (χ4v) is 6.10. The molecule has 0 radical (unpaired) electrons. The Kier molecular flexibility index (Phi) is 7.36. The van der Waals surface area contributed by atoms with Gasteiger partial charge in [-0.3, -0.25) is 4.90 Å². The fourth-order valence-electron chi connectivity index (χ4n) is 5.25. The van der Waals surface area contributed by atoms with Crippen molar-refractivity contribution in [2.45, 2.75) is 51.3 Å². The summed E-state index contributed by atoms with van der Waals surface area (Å²) in [7, 11) is 0. The SMILES string of the molecule is CC(C)(C)OC(=O)N1CCC(N(Cc2ccc(C(=O)O)s2)C(=O)OCC2c3ccccc3-c3ccccc32)C1. The van der Waals surface area contributed by atoms with Crippen molar-refractivity contribution in [1.82, 2.24) is 9.80 Å². The molecule has 1 aliphatic carbocycles. The zero-order chi connectivity index (χ0) is 27.7. The summed E-state index contributed by atoms with van der Waals surface area (Å²) in [6.07, 6.45) is -0.333. The number of carboxylic acid groups (broad SMARTS) is 1. The van der Waals surface area contributed by atoms with E-state index < -0.39 is 23.8 Å². The van der Waals surface area contributed by atoms with Crippen molar-refractivity contribution >= 4 is 29.5 Å². The van der Waals surface area contributed by atoms with Crippen molar-refractivity contribution in [2.24, 2.45) is 0 Å². The maximum Gasteiger partial charge on any atom is 0.410 e. The van der Waals surface area contributed by atoms with E-state index in [1.807, 2.05) is 45.0 Å². The van der Waals surface area contributed by atoms with Gasteiger partial charge in [-0.15, -0.1) is 11.3 Å². The first-order chi connectivity index (χ1) is 18.6. The Balaban J connectivity index is 1.34. The minimum absolute atomic E-state index is 0.0783. The average molecular weight is 549 g/mol. The molecule has 1 aromatic heterocycles. The van der Waals surface area contributed by atoms with Crippen molar-refractivity contribution < 1.29 is 29.0 Å². The molecule has 1 saturated heterocycles. The Morgan fingerprint density at radius 1 is 1.00 bits per heavy atom. The number of benzene rings is 2. The Labute approximate surface area is 231 Å². The number of hydrogen-bond acceptors (Lipinski definition) is 6. The van der Waals surface area contributed by atoms with Gasteiger partial charge in [-0.2, -0.15) is 0 Å². The first-order valence-corrected chi connectivity index (χ1v) is 13.8. The molecule has 1 aliphatic heterocycles. The van der Waals surface area contributed by atoms with Gasteiger partial charge in [-0.05, 0) is 61.6 Å². The van der Waals surface area contributed by atoms with Crippen molar-refractivity contribution in [3.05, 3.63) is 81.5 Å². The molecule has 2 amide bonds. The highest BCUT2D eigenvalue weighted by Gasteiger charge is 2.37. The van der Waals surface area contributed by atoms with E-state index in [0.29, 0.717) is 19.5 Å². The Morgan fingerprint density at radius 3 is 2.23 bits per heavy atom. The molecule has 0 bridgehead atoms. The summed E-state index contributed by atoms with van der Waals surface area (Å²) in [4.78, 5) is 41.9. The zero-order valence-electron chi connectivity index (χ0n) is 22.3. The number of ether oxygens (including phenoxy) is 2. The third-order valence-corrected chi connectivity index (χ3v) is 8.08. The zero-order valence-corrected chi connectivity index (χ0v) is 23.1. The van der Waals surface area contributed by atoms with E-state index in [1.54, 1.807) is 21.9 Å². The summed E-state index contributed by atoms with van der Waals surface area (Å²) >= 11 is 1.13. The molecule has 1 atom stereocenters. The smallest absolute Gasteiger partial charge is 0.410 e. The molecule has 0 spiro atoms. The van der Waals surface area contributed by atoms with E-state index in [0.717, 1.165) is 38.5 Å². The van der Waals surface area contributed by atoms with Gasteiger partial charge in [-0.25, -0.2) is 14.4 Å². The van der Waals surface area contributed by atoms with Gasteiger partial charge in [-0.1, -0.05) is 48.5 Å². The maximum absolute atomic E-state index is 13.6. The highest BCUT2D eigenvalue weighted by atomic mass is 32.1. The quantitative estimate of drug-likeness (QED) is 0.394. The summed E-state index contributed by atoms with van der Waals surface area (Å²) in [5.74, 6) is -1.08. The maximum atomic E-state index is 13.6. The predicted molar refractivity (Wildman–Crippen MR) is 148 cm³/mol. The number of aromatic carboxylic acids is 1. The van der Waals surface area contributed by atoms with Crippen LogP contribution in [0.25, 0.3) is 11.1 Å². The Morgan fingerprint density at radius 2 is 1.64 bits per heavy atom. The van der Waals surface area contributed by atoms with Gasteiger partial charge < -0.3 is 19.5 Å². The van der Waals surface area contributed by atoms with E-state index in [4.69, 9.17) is 9.47 Å². The van der Waals surface area contributed by atoms with Gasteiger partial charge in [0.1, 0.15) is 17.1 Å². The highest BCUT2D eigenvalue weighted by Crippen LogP contribution is 2.44. The normalized spacial score (nSPS) is 16.5. The average Bonchev–Trinajstić information content (AvgIpc) is 3.63. The van der Waals surface area contributed by atoms with Crippen LogP contribution in [-0.4, -0.2) is 64.4 Å². The Bertz CT molecular complexity index is 1350. The van der Waals surface area contributed by atoms with Crippen molar-refractivity contribution in [3.63, 3.8) is 0 Å². The minimum atomic E-state index is -1.00. The summed E-state index contributed by atoms with van der Waals surface area (Å²) in [5, 5.41) is 9.35. The highest BCUT2D eigenvalue weighted by molar-refractivity contribution is 7.13. The second-order valence-electron chi connectivity index (χ2n) is 10.9. The molecule has 9 heteroatoms. The predicted octanol–water partition coefficient (Wildman–Crippen LogP) is 6.21. The molecular weight excluding hydrogens is 516 g/mol. The molecule has 2 aliphatic rings. The third-order valence-electron chi connectivity index (χ3n) is 7.03. The molecule has 8 nitrogen and oxygen atoms in total. The summed E-state index contributed by atoms with van der Waals surface area (Å²) in [6.45, 7) is 6.60. The largest absolute Gasteiger partial charge is 0.477 e. The van der Waals surface area contributed by atoms with Gasteiger partial charge >= 0.3 is 18.2 Å². The van der Waals surface area contributed by atoms with Gasteiger partial charge in [0.15, 0.2) is 0 Å². The standard InChI is InChI=1S/C30H32N2O6S/c1-30(2,3)38-28(35)31-15-14-19(16-31)32(17-20-12-13-26(39-20)27(33)34)29(36)37-18-25-23-10-6-4-8-21(23)22-9-5-7-11-24(22)25/h4-13,19,25H,14-18H2,1-3H3,(H,33,34). The first kappa shape index (κ1) is 26.7. The van der Waals surface area contributed by atoms with Crippen LogP contribution in [-0.2, 0) is 16.0 Å². The second kappa shape index (κ2) is 10.7. The van der Waals surface area contributed by atoms with E-state index in [-0.39, 0.29) is 30.0 Å². The number of carboxylic acids is 1. The number of thiophene rings is 1. The lowest BCUT2D eigenvalue weighted by Gasteiger charge is -2.29. The summed E-state index contributed by atoms with van der Waals surface area (Å²) in [6, 6.07) is 19.3. The number of amides is 2. The molecule has 5 rings (SSSR count). The number of carbonyl (C=O) groups is 3. The second-order valence-corrected chi connectivity index (χ2v) is 12.0. The Hall–Kier alpha value is -3.85. The first-order valence-electron chi connectivity index (χ1n) is 13.0. The van der Waals surface area contributed by atoms with Crippen LogP contribution in [0.4, 0.5) is 9.59 Å². The molecule has 39 heavy (non-hydrogen) atoms. The lowest BCUT2D eigenvalue weighted by Crippen LogP contribution is -2.43. The number of carbonyl (C=O) groups excluding carboxylic acids is 2. The van der Waals surface area contributed by atoms with Crippen molar-refractivity contribution in [1.29, 1.82) is 0 Å². The third kappa shape index (κ3) is 5.78. The van der Waals surface area contributed by atoms with Crippen LogP contribution in [0.5, 0.6) is 0 Å². The van der Waals surface area contributed by atoms with E-state index >= 15 is 0 Å². The van der Waals surface area contributed by atoms with Crippen LogP contribution in [0.15, 0.2) is 60.7 Å².